The molecule has 1 atom stereocenters. The first-order valence-electron chi connectivity index (χ1n) is 3.40. The minimum absolute atomic E-state index is 0.473. The summed E-state index contributed by atoms with van der Waals surface area (Å²) in [6.45, 7) is 3.83. The van der Waals surface area contributed by atoms with Crippen molar-refractivity contribution in [2.24, 2.45) is 0 Å². The Bertz CT molecular complexity index is 184. The van der Waals surface area contributed by atoms with Crippen molar-refractivity contribution in [1.29, 1.82) is 0 Å². The maximum Gasteiger partial charge on any atom is 0.0670 e. The monoisotopic (exact) mass is 141 g/mol. The largest absolute Gasteiger partial charge is 0.149 e. The minimum Gasteiger partial charge on any atom is -0.149 e. The maximum absolute atomic E-state index is 12.1. The Morgan fingerprint density at radius 3 is 2.80 bits per heavy atom. The van der Waals surface area contributed by atoms with Crippen molar-refractivity contribution in [3.63, 3.8) is 0 Å². The van der Waals surface area contributed by atoms with E-state index in [9.17, 15) is 4.48 Å². The number of hydrogen-bond acceptors (Lipinski definition) is 1. The number of nitrogens with one attached hydrogen (secondary N) is 1. The zero-order valence-corrected chi connectivity index (χ0v) is 6.32. The smallest absolute Gasteiger partial charge is 0.0670 e. The van der Waals surface area contributed by atoms with E-state index >= 15 is 0 Å². The summed E-state index contributed by atoms with van der Waals surface area (Å²) in [7, 11) is 0. The van der Waals surface area contributed by atoms with Gasteiger partial charge in [0.05, 0.1) is 5.54 Å². The summed E-state index contributed by atoms with van der Waals surface area (Å²) in [5.41, 5.74) is 2.50. The number of halogens is 1. The predicted molar refractivity (Wildman–Crippen MR) is 40.2 cm³/mol. The van der Waals surface area contributed by atoms with Crippen LogP contribution in [-0.4, -0.2) is 5.54 Å². The zero-order valence-electron chi connectivity index (χ0n) is 6.32. The van der Waals surface area contributed by atoms with Crippen molar-refractivity contribution in [1.82, 2.24) is 5.54 Å². The molecule has 1 unspecified atom stereocenters. The average molecular weight is 141 g/mol. The Morgan fingerprint density at radius 2 is 2.40 bits per heavy atom. The summed E-state index contributed by atoms with van der Waals surface area (Å²) in [4.78, 5) is 0. The van der Waals surface area contributed by atoms with E-state index in [1.165, 1.54) is 5.57 Å². The van der Waals surface area contributed by atoms with Crippen LogP contribution in [-0.2, 0) is 0 Å². The average Bonchev–Trinajstić information content (AvgIpc) is 1.96. The molecule has 0 aromatic heterocycles. The molecular formula is C8H12FN. The first kappa shape index (κ1) is 7.48. The first-order chi connectivity index (χ1) is 4.66. The normalized spacial score (nSPS) is 32.1. The van der Waals surface area contributed by atoms with E-state index in [0.29, 0.717) is 0 Å². The van der Waals surface area contributed by atoms with Gasteiger partial charge in [-0.2, -0.15) is 0 Å². The van der Waals surface area contributed by atoms with Crippen LogP contribution in [0.15, 0.2) is 23.8 Å². The van der Waals surface area contributed by atoms with Crippen LogP contribution in [0.2, 0.25) is 0 Å². The van der Waals surface area contributed by atoms with Crippen molar-refractivity contribution in [3.05, 3.63) is 23.8 Å². The molecule has 2 heteroatoms. The Labute approximate surface area is 60.6 Å². The molecule has 10 heavy (non-hydrogen) atoms. The number of allylic oxidation sites excluding steroid dienone is 2. The van der Waals surface area contributed by atoms with Crippen molar-refractivity contribution < 1.29 is 4.48 Å². The molecule has 0 fully saturated rings. The van der Waals surface area contributed by atoms with Gasteiger partial charge in [-0.1, -0.05) is 23.8 Å². The van der Waals surface area contributed by atoms with Crippen LogP contribution in [0.25, 0.3) is 0 Å². The van der Waals surface area contributed by atoms with Gasteiger partial charge >= 0.3 is 0 Å². The lowest BCUT2D eigenvalue weighted by Gasteiger charge is -2.23. The molecule has 0 saturated carbocycles. The van der Waals surface area contributed by atoms with E-state index in [0.717, 1.165) is 6.42 Å². The highest BCUT2D eigenvalue weighted by molar-refractivity contribution is 5.26. The van der Waals surface area contributed by atoms with Crippen LogP contribution in [0.1, 0.15) is 20.3 Å². The van der Waals surface area contributed by atoms with E-state index in [4.69, 9.17) is 0 Å². The molecule has 1 rings (SSSR count). The molecule has 0 heterocycles. The van der Waals surface area contributed by atoms with E-state index in [1.807, 2.05) is 32.1 Å². The Balaban J connectivity index is 2.67. The van der Waals surface area contributed by atoms with Crippen molar-refractivity contribution in [2.75, 3.05) is 0 Å². The number of rotatable bonds is 1. The van der Waals surface area contributed by atoms with Gasteiger partial charge in [0.2, 0.25) is 0 Å². The molecule has 1 aliphatic rings. The summed E-state index contributed by atoms with van der Waals surface area (Å²) in [6.07, 6.45) is 6.52. The van der Waals surface area contributed by atoms with E-state index in [1.54, 1.807) is 5.54 Å². The van der Waals surface area contributed by atoms with Gasteiger partial charge in [0.1, 0.15) is 0 Å². The second kappa shape index (κ2) is 2.54. The highest BCUT2D eigenvalue weighted by Gasteiger charge is 2.20. The summed E-state index contributed by atoms with van der Waals surface area (Å²) >= 11 is 0. The van der Waals surface area contributed by atoms with Gasteiger partial charge in [-0.25, -0.2) is 0 Å². The van der Waals surface area contributed by atoms with Gasteiger partial charge in [0.15, 0.2) is 0 Å². The van der Waals surface area contributed by atoms with E-state index < -0.39 is 5.54 Å². The third-order valence-corrected chi connectivity index (χ3v) is 1.78. The minimum atomic E-state index is -0.473. The predicted octanol–water partition coefficient (Wildman–Crippen LogP) is 2.13. The van der Waals surface area contributed by atoms with Crippen LogP contribution < -0.4 is 5.54 Å². The van der Waals surface area contributed by atoms with Crippen LogP contribution in [0.5, 0.6) is 0 Å². The molecule has 0 bridgehead atoms. The highest BCUT2D eigenvalue weighted by atomic mass is 19.2. The zero-order chi connectivity index (χ0) is 7.61. The summed E-state index contributed by atoms with van der Waals surface area (Å²) < 4.78 is 12.1. The topological polar surface area (TPSA) is 12.0 Å². The fraction of sp³-hybridized carbons (Fsp3) is 0.500. The molecule has 1 nitrogen and oxygen atoms in total. The van der Waals surface area contributed by atoms with Gasteiger partial charge in [-0.15, -0.1) is 10.0 Å². The van der Waals surface area contributed by atoms with Crippen molar-refractivity contribution >= 4 is 0 Å². The van der Waals surface area contributed by atoms with E-state index in [2.05, 4.69) is 0 Å². The van der Waals surface area contributed by atoms with Crippen LogP contribution in [0.3, 0.4) is 0 Å². The SMILES string of the molecule is CC1=CCC(C)(NF)C=C1. The molecule has 0 saturated heterocycles. The lowest BCUT2D eigenvalue weighted by atomic mass is 9.92. The fourth-order valence-corrected chi connectivity index (χ4v) is 0.895. The second-order valence-corrected chi connectivity index (χ2v) is 3.00. The summed E-state index contributed by atoms with van der Waals surface area (Å²) in [6, 6.07) is 0. The molecule has 0 amide bonds. The summed E-state index contributed by atoms with van der Waals surface area (Å²) in [5.74, 6) is 0. The van der Waals surface area contributed by atoms with Gasteiger partial charge < -0.3 is 0 Å². The lowest BCUT2D eigenvalue weighted by molar-refractivity contribution is 0.226. The molecule has 1 N–H and O–H groups in total. The Hall–Kier alpha value is -0.630. The quantitative estimate of drug-likeness (QED) is 0.551. The molecule has 0 aromatic carbocycles. The molecule has 1 aliphatic carbocycles. The highest BCUT2D eigenvalue weighted by Crippen LogP contribution is 2.19. The Kier molecular flexibility index (Phi) is 1.90. The second-order valence-electron chi connectivity index (χ2n) is 3.00. The van der Waals surface area contributed by atoms with Gasteiger partial charge in [-0.05, 0) is 20.3 Å². The van der Waals surface area contributed by atoms with Gasteiger partial charge in [-0.3, -0.25) is 0 Å². The third-order valence-electron chi connectivity index (χ3n) is 1.78. The van der Waals surface area contributed by atoms with Crippen LogP contribution in [0.4, 0.5) is 4.48 Å². The third kappa shape index (κ3) is 1.45. The first-order valence-corrected chi connectivity index (χ1v) is 3.40. The lowest BCUT2D eigenvalue weighted by Crippen LogP contribution is -2.35. The fourth-order valence-electron chi connectivity index (χ4n) is 0.895. The standard InChI is InChI=1S/C8H12FN/c1-7-3-5-8(2,10-9)6-4-7/h3-5,10H,6H2,1-2H3. The molecule has 0 spiro atoms. The molecule has 0 aliphatic heterocycles. The number of hydrogen-bond donors (Lipinski definition) is 1. The maximum atomic E-state index is 12.1. The van der Waals surface area contributed by atoms with Crippen LogP contribution in [0, 0.1) is 0 Å². The molecule has 0 aromatic rings. The molecule has 56 valence electrons. The molecule has 0 radical (unpaired) electrons. The van der Waals surface area contributed by atoms with Gasteiger partial charge in [0, 0.05) is 0 Å². The van der Waals surface area contributed by atoms with Crippen LogP contribution >= 0.6 is 0 Å². The van der Waals surface area contributed by atoms with Gasteiger partial charge in [0.25, 0.3) is 0 Å². The van der Waals surface area contributed by atoms with Crippen molar-refractivity contribution in [2.45, 2.75) is 25.8 Å². The molecular weight excluding hydrogens is 129 g/mol. The van der Waals surface area contributed by atoms with E-state index in [-0.39, 0.29) is 0 Å². The van der Waals surface area contributed by atoms with Crippen molar-refractivity contribution in [3.8, 4) is 0 Å². The summed E-state index contributed by atoms with van der Waals surface area (Å²) in [5, 5.41) is 0. The Morgan fingerprint density at radius 1 is 1.70 bits per heavy atom.